The molecular formula is C7H10N2O4S. The minimum absolute atomic E-state index is 0.0518. The number of hydrogen-bond acceptors (Lipinski definition) is 5. The second kappa shape index (κ2) is 3.82. The lowest BCUT2D eigenvalue weighted by Gasteiger charge is -2.11. The van der Waals surface area contributed by atoms with Gasteiger partial charge in [0, 0.05) is 5.69 Å². The van der Waals surface area contributed by atoms with Crippen LogP contribution in [0.3, 0.4) is 0 Å². The highest BCUT2D eigenvalue weighted by Gasteiger charge is 2.16. The molecule has 14 heavy (non-hydrogen) atoms. The van der Waals surface area contributed by atoms with Gasteiger partial charge in [0.15, 0.2) is 0 Å². The molecule has 1 aromatic carbocycles. The van der Waals surface area contributed by atoms with Gasteiger partial charge < -0.3 is 10.4 Å². The molecule has 0 amide bonds. The maximum absolute atomic E-state index is 10.5. The van der Waals surface area contributed by atoms with E-state index >= 15 is 0 Å². The Labute approximate surface area is 81.1 Å². The first-order chi connectivity index (χ1) is 6.39. The minimum atomic E-state index is -4.31. The maximum atomic E-state index is 10.5. The van der Waals surface area contributed by atoms with Crippen molar-refractivity contribution in [2.24, 2.45) is 5.73 Å². The molecule has 7 heteroatoms. The van der Waals surface area contributed by atoms with E-state index in [-0.39, 0.29) is 5.75 Å². The van der Waals surface area contributed by atoms with E-state index in [9.17, 15) is 8.42 Å². The van der Waals surface area contributed by atoms with Crippen LogP contribution in [0, 0.1) is 0 Å². The third-order valence-electron chi connectivity index (χ3n) is 1.50. The molecule has 0 bridgehead atoms. The molecule has 5 N–H and O–H groups in total. The summed E-state index contributed by atoms with van der Waals surface area (Å²) in [4.78, 5) is 0. The molecule has 0 heterocycles. The van der Waals surface area contributed by atoms with E-state index in [0.717, 1.165) is 0 Å². The zero-order valence-corrected chi connectivity index (χ0v) is 7.90. The van der Waals surface area contributed by atoms with Gasteiger partial charge in [-0.3, -0.25) is 10.3 Å². The van der Waals surface area contributed by atoms with Crippen molar-refractivity contribution in [2.75, 3.05) is 5.32 Å². The van der Waals surface area contributed by atoms with Crippen molar-refractivity contribution in [1.82, 2.24) is 0 Å². The van der Waals surface area contributed by atoms with Gasteiger partial charge in [-0.05, 0) is 24.3 Å². The van der Waals surface area contributed by atoms with Gasteiger partial charge in [-0.25, -0.2) is 0 Å². The highest BCUT2D eigenvalue weighted by atomic mass is 32.2. The molecule has 0 spiro atoms. The molecule has 1 unspecified atom stereocenters. The Hall–Kier alpha value is -1.31. The quantitative estimate of drug-likeness (QED) is 0.321. The maximum Gasteiger partial charge on any atom is 0.300 e. The van der Waals surface area contributed by atoms with E-state index in [2.05, 4.69) is 5.32 Å². The zero-order chi connectivity index (χ0) is 10.8. The number of phenols is 1. The van der Waals surface area contributed by atoms with E-state index in [4.69, 9.17) is 15.4 Å². The summed E-state index contributed by atoms with van der Waals surface area (Å²) in [6.45, 7) is 0. The highest BCUT2D eigenvalue weighted by Crippen LogP contribution is 2.14. The lowest BCUT2D eigenvalue weighted by atomic mass is 10.3. The van der Waals surface area contributed by atoms with Crippen LogP contribution in [0.25, 0.3) is 0 Å². The highest BCUT2D eigenvalue weighted by molar-refractivity contribution is 7.86. The van der Waals surface area contributed by atoms with Crippen molar-refractivity contribution in [3.05, 3.63) is 24.3 Å². The van der Waals surface area contributed by atoms with Crippen LogP contribution in [0.5, 0.6) is 5.75 Å². The Morgan fingerprint density at radius 1 is 1.29 bits per heavy atom. The van der Waals surface area contributed by atoms with Crippen LogP contribution in [0.1, 0.15) is 0 Å². The van der Waals surface area contributed by atoms with Crippen molar-refractivity contribution in [1.29, 1.82) is 0 Å². The fraction of sp³-hybridized carbons (Fsp3) is 0.143. The zero-order valence-electron chi connectivity index (χ0n) is 7.08. The Balaban J connectivity index is 2.75. The summed E-state index contributed by atoms with van der Waals surface area (Å²) in [5.41, 5.74) is 3.91. The Bertz CT molecular complexity index is 400. The first-order valence-corrected chi connectivity index (χ1v) is 5.17. The number of nitrogens with two attached hydrogens (primary N) is 1. The molecule has 1 aromatic rings. The van der Waals surface area contributed by atoms with Crippen molar-refractivity contribution in [3.8, 4) is 5.75 Å². The Morgan fingerprint density at radius 3 is 2.21 bits per heavy atom. The van der Waals surface area contributed by atoms with Gasteiger partial charge in [0.2, 0.25) is 5.50 Å². The average Bonchev–Trinajstić information content (AvgIpc) is 2.07. The molecule has 0 saturated carbocycles. The number of benzene rings is 1. The van der Waals surface area contributed by atoms with Gasteiger partial charge in [0.05, 0.1) is 0 Å². The number of anilines is 1. The van der Waals surface area contributed by atoms with E-state index in [1.165, 1.54) is 24.3 Å². The predicted molar refractivity (Wildman–Crippen MR) is 51.3 cm³/mol. The van der Waals surface area contributed by atoms with Crippen molar-refractivity contribution < 1.29 is 18.1 Å². The summed E-state index contributed by atoms with van der Waals surface area (Å²) in [5.74, 6) is 0.0518. The molecule has 6 nitrogen and oxygen atoms in total. The van der Waals surface area contributed by atoms with Crippen LogP contribution in [0.2, 0.25) is 0 Å². The van der Waals surface area contributed by atoms with Crippen LogP contribution in [-0.2, 0) is 10.1 Å². The molecule has 0 aliphatic rings. The van der Waals surface area contributed by atoms with Gasteiger partial charge in [-0.1, -0.05) is 0 Å². The van der Waals surface area contributed by atoms with E-state index in [0.29, 0.717) is 5.69 Å². The van der Waals surface area contributed by atoms with E-state index in [1.807, 2.05) is 0 Å². The third kappa shape index (κ3) is 2.87. The van der Waals surface area contributed by atoms with Crippen LogP contribution >= 0.6 is 0 Å². The summed E-state index contributed by atoms with van der Waals surface area (Å²) in [5, 5.41) is 11.3. The number of rotatable bonds is 3. The van der Waals surface area contributed by atoms with Crippen LogP contribution in [0.4, 0.5) is 5.69 Å². The molecule has 0 fully saturated rings. The van der Waals surface area contributed by atoms with Crippen molar-refractivity contribution in [2.45, 2.75) is 5.50 Å². The molecule has 0 aliphatic carbocycles. The van der Waals surface area contributed by atoms with Gasteiger partial charge in [-0.15, -0.1) is 0 Å². The number of aromatic hydroxyl groups is 1. The summed E-state index contributed by atoms with van der Waals surface area (Å²) < 4.78 is 29.6. The smallest absolute Gasteiger partial charge is 0.300 e. The van der Waals surface area contributed by atoms with Crippen LogP contribution < -0.4 is 11.1 Å². The molecule has 0 radical (unpaired) electrons. The minimum Gasteiger partial charge on any atom is -0.508 e. The average molecular weight is 218 g/mol. The fourth-order valence-corrected chi connectivity index (χ4v) is 1.08. The fourth-order valence-electron chi connectivity index (χ4n) is 0.796. The standard InChI is InChI=1S/C7H10N2O4S/c8-7(14(11,12)13)9-5-1-3-6(10)4-2-5/h1-4,7,9-10H,8H2,(H,11,12,13). The molecule has 1 rings (SSSR count). The number of nitrogens with one attached hydrogen (secondary N) is 1. The summed E-state index contributed by atoms with van der Waals surface area (Å²) in [6, 6.07) is 5.58. The topological polar surface area (TPSA) is 113 Å². The van der Waals surface area contributed by atoms with Crippen molar-refractivity contribution in [3.63, 3.8) is 0 Å². The molecular weight excluding hydrogens is 208 g/mol. The normalized spacial score (nSPS) is 13.6. The van der Waals surface area contributed by atoms with E-state index in [1.54, 1.807) is 0 Å². The Morgan fingerprint density at radius 2 is 1.79 bits per heavy atom. The largest absolute Gasteiger partial charge is 0.508 e. The first-order valence-electron chi connectivity index (χ1n) is 3.67. The predicted octanol–water partition coefficient (Wildman–Crippen LogP) is -0.0658. The molecule has 1 atom stereocenters. The van der Waals surface area contributed by atoms with Crippen LogP contribution in [0.15, 0.2) is 24.3 Å². The molecule has 0 saturated heterocycles. The van der Waals surface area contributed by atoms with Crippen molar-refractivity contribution >= 4 is 15.8 Å². The summed E-state index contributed by atoms with van der Waals surface area (Å²) in [7, 11) is -4.31. The second-order valence-electron chi connectivity index (χ2n) is 2.63. The molecule has 0 aromatic heterocycles. The SMILES string of the molecule is NC(Nc1ccc(O)cc1)S(=O)(=O)O. The van der Waals surface area contributed by atoms with Crippen LogP contribution in [-0.4, -0.2) is 23.6 Å². The number of hydrogen-bond donors (Lipinski definition) is 4. The first kappa shape index (κ1) is 10.8. The van der Waals surface area contributed by atoms with Gasteiger partial charge >= 0.3 is 0 Å². The monoisotopic (exact) mass is 218 g/mol. The second-order valence-corrected chi connectivity index (χ2v) is 4.16. The third-order valence-corrected chi connectivity index (χ3v) is 2.26. The summed E-state index contributed by atoms with van der Waals surface area (Å²) >= 11 is 0. The lowest BCUT2D eigenvalue weighted by molar-refractivity contribution is 0.473. The Kier molecular flexibility index (Phi) is 2.94. The molecule has 78 valence electrons. The van der Waals surface area contributed by atoms with Gasteiger partial charge in [0.25, 0.3) is 10.1 Å². The van der Waals surface area contributed by atoms with Gasteiger partial charge in [-0.2, -0.15) is 8.42 Å². The number of phenolic OH excluding ortho intramolecular Hbond substituents is 1. The molecule has 0 aliphatic heterocycles. The summed E-state index contributed by atoms with van der Waals surface area (Å²) in [6.07, 6.45) is 0. The lowest BCUT2D eigenvalue weighted by Crippen LogP contribution is -2.37. The van der Waals surface area contributed by atoms with E-state index < -0.39 is 15.6 Å². The van der Waals surface area contributed by atoms with Gasteiger partial charge in [0.1, 0.15) is 5.75 Å².